The van der Waals surface area contributed by atoms with Crippen LogP contribution in [0.15, 0.2) is 35.3 Å². The number of nitrogens with zero attached hydrogens (tertiary/aromatic N) is 3. The maximum Gasteiger partial charge on any atom is 0.227 e. The van der Waals surface area contributed by atoms with Crippen molar-refractivity contribution in [3.05, 3.63) is 35.9 Å². The fourth-order valence-corrected chi connectivity index (χ4v) is 4.06. The summed E-state index contributed by atoms with van der Waals surface area (Å²) in [6.45, 7) is 11.4. The van der Waals surface area contributed by atoms with Gasteiger partial charge in [-0.2, -0.15) is 0 Å². The van der Waals surface area contributed by atoms with Gasteiger partial charge in [-0.3, -0.25) is 14.7 Å². The second-order valence-electron chi connectivity index (χ2n) is 8.48. The maximum atomic E-state index is 12.3. The molecule has 2 N–H and O–H groups in total. The molecule has 2 aliphatic rings. The molecule has 0 bridgehead atoms. The predicted octanol–water partition coefficient (Wildman–Crippen LogP) is 1.31. The number of amides is 1. The highest BCUT2D eigenvalue weighted by atomic mass is 16.5. The van der Waals surface area contributed by atoms with E-state index in [1.54, 1.807) is 7.05 Å². The minimum atomic E-state index is -0.506. The lowest BCUT2D eigenvalue weighted by molar-refractivity contribution is -0.128. The number of aliphatic imine (C=N–C) groups is 1. The Kier molecular flexibility index (Phi) is 7.14. The third-order valence-corrected chi connectivity index (χ3v) is 5.80. The highest BCUT2D eigenvalue weighted by Crippen LogP contribution is 2.25. The number of ether oxygens (including phenoxy) is 1. The van der Waals surface area contributed by atoms with Crippen LogP contribution in [0.2, 0.25) is 0 Å². The summed E-state index contributed by atoms with van der Waals surface area (Å²) in [7, 11) is 1.80. The molecule has 7 heteroatoms. The molecule has 7 nitrogen and oxygen atoms in total. The Balaban J connectivity index is 1.60. The highest BCUT2D eigenvalue weighted by molar-refractivity contribution is 5.84. The Morgan fingerprint density at radius 2 is 2.00 bits per heavy atom. The van der Waals surface area contributed by atoms with E-state index in [1.165, 1.54) is 5.56 Å². The van der Waals surface area contributed by atoms with E-state index in [0.29, 0.717) is 19.1 Å². The molecular formula is C22H35N5O2. The minimum Gasteiger partial charge on any atom is -0.373 e. The normalized spacial score (nSPS) is 23.0. The number of morpholine rings is 1. The van der Waals surface area contributed by atoms with Gasteiger partial charge in [-0.05, 0) is 26.3 Å². The molecule has 0 saturated carbocycles. The SMILES string of the molecule is CCNC(=O)C(C)(C)CNC(=NC)N1CC2OCCN(Cc3ccccc3)C2C1. The van der Waals surface area contributed by atoms with Crippen LogP contribution in [0.3, 0.4) is 0 Å². The molecule has 3 rings (SSSR count). The number of benzene rings is 1. The summed E-state index contributed by atoms with van der Waals surface area (Å²) in [5.41, 5.74) is 0.826. The zero-order valence-corrected chi connectivity index (χ0v) is 18.1. The van der Waals surface area contributed by atoms with E-state index in [1.807, 2.05) is 20.8 Å². The molecule has 2 aliphatic heterocycles. The Morgan fingerprint density at radius 3 is 2.69 bits per heavy atom. The van der Waals surface area contributed by atoms with Gasteiger partial charge in [-0.15, -0.1) is 0 Å². The van der Waals surface area contributed by atoms with Crippen molar-refractivity contribution in [3.8, 4) is 0 Å². The second kappa shape index (κ2) is 9.59. The van der Waals surface area contributed by atoms with Crippen molar-refractivity contribution >= 4 is 11.9 Å². The van der Waals surface area contributed by atoms with Gasteiger partial charge >= 0.3 is 0 Å². The van der Waals surface area contributed by atoms with Crippen molar-refractivity contribution in [3.63, 3.8) is 0 Å². The molecule has 160 valence electrons. The van der Waals surface area contributed by atoms with Crippen molar-refractivity contribution < 1.29 is 9.53 Å². The minimum absolute atomic E-state index is 0.0513. The molecule has 0 spiro atoms. The van der Waals surface area contributed by atoms with E-state index in [-0.39, 0.29) is 12.0 Å². The molecule has 29 heavy (non-hydrogen) atoms. The number of likely N-dealkylation sites (tertiary alicyclic amines) is 1. The predicted molar refractivity (Wildman–Crippen MR) is 116 cm³/mol. The van der Waals surface area contributed by atoms with Crippen LogP contribution in [-0.4, -0.2) is 80.2 Å². The van der Waals surface area contributed by atoms with Crippen molar-refractivity contribution in [2.75, 3.05) is 46.4 Å². The Labute approximate surface area is 174 Å². The molecule has 0 radical (unpaired) electrons. The molecule has 1 aromatic rings. The van der Waals surface area contributed by atoms with Crippen molar-refractivity contribution in [1.82, 2.24) is 20.4 Å². The van der Waals surface area contributed by atoms with E-state index in [9.17, 15) is 4.79 Å². The average molecular weight is 402 g/mol. The quantitative estimate of drug-likeness (QED) is 0.556. The number of hydrogen-bond acceptors (Lipinski definition) is 4. The highest BCUT2D eigenvalue weighted by Gasteiger charge is 2.41. The topological polar surface area (TPSA) is 69.2 Å². The molecule has 2 fully saturated rings. The first-order valence-corrected chi connectivity index (χ1v) is 10.6. The second-order valence-corrected chi connectivity index (χ2v) is 8.48. The number of carbonyl (C=O) groups is 1. The van der Waals surface area contributed by atoms with Crippen LogP contribution in [0.1, 0.15) is 26.3 Å². The fraction of sp³-hybridized carbons (Fsp3) is 0.636. The van der Waals surface area contributed by atoms with E-state index >= 15 is 0 Å². The largest absolute Gasteiger partial charge is 0.373 e. The maximum absolute atomic E-state index is 12.3. The van der Waals surface area contributed by atoms with Gasteiger partial charge in [0.2, 0.25) is 5.91 Å². The summed E-state index contributed by atoms with van der Waals surface area (Å²) in [4.78, 5) is 21.5. The first-order valence-electron chi connectivity index (χ1n) is 10.6. The molecule has 1 aromatic carbocycles. The summed E-state index contributed by atoms with van der Waals surface area (Å²) in [6, 6.07) is 11.0. The van der Waals surface area contributed by atoms with E-state index in [2.05, 4.69) is 55.8 Å². The van der Waals surface area contributed by atoms with E-state index < -0.39 is 5.41 Å². The molecule has 1 amide bonds. The zero-order valence-electron chi connectivity index (χ0n) is 18.1. The number of nitrogens with one attached hydrogen (secondary N) is 2. The van der Waals surface area contributed by atoms with E-state index in [4.69, 9.17) is 4.74 Å². The lowest BCUT2D eigenvalue weighted by atomic mass is 9.92. The molecule has 2 unspecified atom stereocenters. The van der Waals surface area contributed by atoms with Crippen LogP contribution in [0.25, 0.3) is 0 Å². The van der Waals surface area contributed by atoms with Crippen molar-refractivity contribution in [2.45, 2.75) is 39.5 Å². The Hall–Kier alpha value is -2.12. The van der Waals surface area contributed by atoms with Crippen LogP contribution < -0.4 is 10.6 Å². The number of carbonyl (C=O) groups excluding carboxylic acids is 1. The lowest BCUT2D eigenvalue weighted by Crippen LogP contribution is -2.50. The van der Waals surface area contributed by atoms with Crippen LogP contribution >= 0.6 is 0 Å². The van der Waals surface area contributed by atoms with Crippen molar-refractivity contribution in [1.29, 1.82) is 0 Å². The Morgan fingerprint density at radius 1 is 1.24 bits per heavy atom. The van der Waals surface area contributed by atoms with Gasteiger partial charge in [-0.25, -0.2) is 0 Å². The van der Waals surface area contributed by atoms with Gasteiger partial charge in [0.25, 0.3) is 0 Å². The van der Waals surface area contributed by atoms with Crippen LogP contribution in [0.4, 0.5) is 0 Å². The summed E-state index contributed by atoms with van der Waals surface area (Å²) in [5.74, 6) is 0.885. The van der Waals surface area contributed by atoms with Gasteiger partial charge in [0.15, 0.2) is 5.96 Å². The summed E-state index contributed by atoms with van der Waals surface area (Å²) in [5, 5.41) is 6.31. The molecule has 0 aliphatic carbocycles. The summed E-state index contributed by atoms with van der Waals surface area (Å²) >= 11 is 0. The van der Waals surface area contributed by atoms with Gasteiger partial charge in [0.05, 0.1) is 24.2 Å². The van der Waals surface area contributed by atoms with Gasteiger partial charge < -0.3 is 20.3 Å². The van der Waals surface area contributed by atoms with Crippen LogP contribution in [-0.2, 0) is 16.1 Å². The summed E-state index contributed by atoms with van der Waals surface area (Å²) < 4.78 is 6.08. The molecule has 0 aromatic heterocycles. The first-order chi connectivity index (χ1) is 13.9. The monoisotopic (exact) mass is 401 g/mol. The zero-order chi connectivity index (χ0) is 20.9. The average Bonchev–Trinajstić information content (AvgIpc) is 3.14. The first kappa shape index (κ1) is 21.6. The van der Waals surface area contributed by atoms with Gasteiger partial charge in [0.1, 0.15) is 0 Å². The molecule has 2 saturated heterocycles. The standard InChI is InChI=1S/C22H35N5O2/c1-5-24-20(28)22(2,3)16-25-21(23-4)27-14-18-19(15-27)29-12-11-26(18)13-17-9-7-6-8-10-17/h6-10,18-19H,5,11-16H2,1-4H3,(H,23,25)(H,24,28). The molecule has 2 atom stereocenters. The smallest absolute Gasteiger partial charge is 0.227 e. The third kappa shape index (κ3) is 5.28. The number of fused-ring (bicyclic) bond motifs is 1. The van der Waals surface area contributed by atoms with Gasteiger partial charge in [-0.1, -0.05) is 30.3 Å². The van der Waals surface area contributed by atoms with Crippen LogP contribution in [0.5, 0.6) is 0 Å². The molecular weight excluding hydrogens is 366 g/mol. The van der Waals surface area contributed by atoms with Crippen molar-refractivity contribution in [2.24, 2.45) is 10.4 Å². The number of hydrogen-bond donors (Lipinski definition) is 2. The van der Waals surface area contributed by atoms with Gasteiger partial charge in [0, 0.05) is 46.3 Å². The fourth-order valence-electron chi connectivity index (χ4n) is 4.06. The third-order valence-electron chi connectivity index (χ3n) is 5.80. The number of rotatable bonds is 6. The Bertz CT molecular complexity index is 706. The summed E-state index contributed by atoms with van der Waals surface area (Å²) in [6.07, 6.45) is 0.183. The number of guanidine groups is 1. The lowest BCUT2D eigenvalue weighted by Gasteiger charge is -2.36. The van der Waals surface area contributed by atoms with E-state index in [0.717, 1.165) is 38.7 Å². The molecule has 2 heterocycles. The van der Waals surface area contributed by atoms with Crippen LogP contribution in [0, 0.1) is 5.41 Å².